The zero-order chi connectivity index (χ0) is 19.6. The summed E-state index contributed by atoms with van der Waals surface area (Å²) in [5, 5.41) is 0. The molecule has 2 unspecified atom stereocenters. The highest BCUT2D eigenvalue weighted by atomic mass is 19.1. The van der Waals surface area contributed by atoms with Gasteiger partial charge in [0.25, 0.3) is 0 Å². The molecule has 1 amide bonds. The summed E-state index contributed by atoms with van der Waals surface area (Å²) in [5.74, 6) is 0.487. The number of anilines is 1. The Morgan fingerprint density at radius 1 is 1.33 bits per heavy atom. The predicted molar refractivity (Wildman–Crippen MR) is 105 cm³/mol. The quantitative estimate of drug-likeness (QED) is 0.751. The molecule has 0 spiro atoms. The van der Waals surface area contributed by atoms with Gasteiger partial charge in [-0.1, -0.05) is 6.92 Å². The number of aliphatic imine (C=N–C) groups is 1. The smallest absolute Gasteiger partial charge is 0.233 e. The van der Waals surface area contributed by atoms with Crippen molar-refractivity contribution < 1.29 is 9.18 Å². The summed E-state index contributed by atoms with van der Waals surface area (Å²) in [7, 11) is 0. The first-order chi connectivity index (χ1) is 12.8. The van der Waals surface area contributed by atoms with Crippen LogP contribution < -0.4 is 4.90 Å². The first-order valence-electron chi connectivity index (χ1n) is 9.20. The molecule has 1 aliphatic rings. The minimum atomic E-state index is -0.473. The maximum absolute atomic E-state index is 13.2. The van der Waals surface area contributed by atoms with Crippen LogP contribution in [0.25, 0.3) is 0 Å². The highest BCUT2D eigenvalue weighted by Gasteiger charge is 2.43. The summed E-state index contributed by atoms with van der Waals surface area (Å²) in [6.45, 7) is 8.44. The van der Waals surface area contributed by atoms with Crippen LogP contribution in [0.1, 0.15) is 45.1 Å². The van der Waals surface area contributed by atoms with E-state index < -0.39 is 5.41 Å². The SMILES string of the molecule is CC(=NC(C)CC1(C)CCN(c2ccc(F)cc2)C1=O)c1ccnc(C)n1. The monoisotopic (exact) mass is 368 g/mol. The molecule has 1 aliphatic heterocycles. The Balaban J connectivity index is 1.71. The van der Waals surface area contributed by atoms with E-state index in [4.69, 9.17) is 4.99 Å². The number of aromatic nitrogens is 2. The third-order valence-electron chi connectivity index (χ3n) is 5.09. The minimum Gasteiger partial charge on any atom is -0.312 e. The van der Waals surface area contributed by atoms with E-state index in [1.54, 1.807) is 23.2 Å². The van der Waals surface area contributed by atoms with Gasteiger partial charge in [0.2, 0.25) is 5.91 Å². The fourth-order valence-corrected chi connectivity index (χ4v) is 3.70. The molecule has 2 aromatic rings. The molecule has 2 atom stereocenters. The molecule has 2 heterocycles. The molecular weight excluding hydrogens is 343 g/mol. The maximum Gasteiger partial charge on any atom is 0.233 e. The number of hydrogen-bond donors (Lipinski definition) is 0. The van der Waals surface area contributed by atoms with Gasteiger partial charge in [-0.3, -0.25) is 9.79 Å². The Labute approximate surface area is 159 Å². The summed E-state index contributed by atoms with van der Waals surface area (Å²) in [5.41, 5.74) is 1.93. The number of halogens is 1. The summed E-state index contributed by atoms with van der Waals surface area (Å²) >= 11 is 0. The molecule has 0 aliphatic carbocycles. The number of aryl methyl sites for hydroxylation is 1. The highest BCUT2D eigenvalue weighted by Crippen LogP contribution is 2.38. The molecule has 1 aromatic carbocycles. The summed E-state index contributed by atoms with van der Waals surface area (Å²) in [4.78, 5) is 28.0. The van der Waals surface area contributed by atoms with Gasteiger partial charge in [0.15, 0.2) is 0 Å². The van der Waals surface area contributed by atoms with Crippen LogP contribution in [0.2, 0.25) is 0 Å². The van der Waals surface area contributed by atoms with Crippen molar-refractivity contribution in [3.8, 4) is 0 Å². The second kappa shape index (κ2) is 7.55. The van der Waals surface area contributed by atoms with E-state index >= 15 is 0 Å². The predicted octanol–water partition coefficient (Wildman–Crippen LogP) is 3.95. The minimum absolute atomic E-state index is 0.0117. The molecular formula is C21H25FN4O. The Hall–Kier alpha value is -2.63. The largest absolute Gasteiger partial charge is 0.312 e. The van der Waals surface area contributed by atoms with E-state index in [-0.39, 0.29) is 17.8 Å². The van der Waals surface area contributed by atoms with Crippen molar-refractivity contribution in [1.29, 1.82) is 0 Å². The van der Waals surface area contributed by atoms with Crippen LogP contribution in [0.4, 0.5) is 10.1 Å². The summed E-state index contributed by atoms with van der Waals surface area (Å²) < 4.78 is 13.2. The molecule has 0 saturated carbocycles. The third kappa shape index (κ3) is 4.21. The lowest BCUT2D eigenvalue weighted by Crippen LogP contribution is -2.34. The van der Waals surface area contributed by atoms with Crippen molar-refractivity contribution in [3.63, 3.8) is 0 Å². The Morgan fingerprint density at radius 3 is 2.70 bits per heavy atom. The standard InChI is InChI=1S/C21H25FN4O/c1-14(24-15(2)19-9-11-23-16(3)25-19)13-21(4)10-12-26(20(21)27)18-7-5-17(22)6-8-18/h5-9,11,14H,10,12-13H2,1-4H3. The second-order valence-corrected chi connectivity index (χ2v) is 7.50. The number of benzene rings is 1. The van der Waals surface area contributed by atoms with Crippen molar-refractivity contribution >= 4 is 17.3 Å². The molecule has 1 saturated heterocycles. The number of amides is 1. The molecule has 142 valence electrons. The average molecular weight is 368 g/mol. The Kier molecular flexibility index (Phi) is 5.35. The lowest BCUT2D eigenvalue weighted by Gasteiger charge is -2.25. The molecule has 3 rings (SSSR count). The average Bonchev–Trinajstić information content (AvgIpc) is 2.90. The molecule has 0 N–H and O–H groups in total. The Bertz CT molecular complexity index is 865. The second-order valence-electron chi connectivity index (χ2n) is 7.50. The maximum atomic E-state index is 13.2. The lowest BCUT2D eigenvalue weighted by molar-refractivity contribution is -0.125. The fourth-order valence-electron chi connectivity index (χ4n) is 3.70. The van der Waals surface area contributed by atoms with Gasteiger partial charge >= 0.3 is 0 Å². The Morgan fingerprint density at radius 2 is 2.04 bits per heavy atom. The number of hydrogen-bond acceptors (Lipinski definition) is 4. The van der Waals surface area contributed by atoms with Gasteiger partial charge in [0, 0.05) is 24.5 Å². The van der Waals surface area contributed by atoms with Gasteiger partial charge in [0.1, 0.15) is 11.6 Å². The number of rotatable bonds is 5. The molecule has 6 heteroatoms. The molecule has 27 heavy (non-hydrogen) atoms. The van der Waals surface area contributed by atoms with Gasteiger partial charge in [-0.05, 0) is 63.9 Å². The van der Waals surface area contributed by atoms with Gasteiger partial charge in [-0.2, -0.15) is 0 Å². The van der Waals surface area contributed by atoms with E-state index in [1.165, 1.54) is 12.1 Å². The van der Waals surface area contributed by atoms with Gasteiger partial charge in [-0.15, -0.1) is 0 Å². The van der Waals surface area contributed by atoms with Crippen LogP contribution in [0, 0.1) is 18.2 Å². The van der Waals surface area contributed by atoms with Crippen molar-refractivity contribution in [2.75, 3.05) is 11.4 Å². The normalized spacial score (nSPS) is 21.6. The van der Waals surface area contributed by atoms with Crippen LogP contribution in [-0.4, -0.2) is 34.2 Å². The van der Waals surface area contributed by atoms with Crippen LogP contribution >= 0.6 is 0 Å². The fraction of sp³-hybridized carbons (Fsp3) is 0.429. The molecule has 1 fully saturated rings. The summed E-state index contributed by atoms with van der Waals surface area (Å²) in [6, 6.07) is 7.92. The van der Waals surface area contributed by atoms with E-state index in [0.29, 0.717) is 18.8 Å². The zero-order valence-corrected chi connectivity index (χ0v) is 16.2. The molecule has 0 radical (unpaired) electrons. The third-order valence-corrected chi connectivity index (χ3v) is 5.09. The van der Waals surface area contributed by atoms with E-state index in [1.807, 2.05) is 33.8 Å². The van der Waals surface area contributed by atoms with Crippen molar-refractivity contribution in [3.05, 3.63) is 53.9 Å². The van der Waals surface area contributed by atoms with E-state index in [0.717, 1.165) is 23.5 Å². The van der Waals surface area contributed by atoms with Crippen LogP contribution in [0.15, 0.2) is 41.5 Å². The van der Waals surface area contributed by atoms with Crippen LogP contribution in [0.5, 0.6) is 0 Å². The van der Waals surface area contributed by atoms with Crippen molar-refractivity contribution in [2.24, 2.45) is 10.4 Å². The van der Waals surface area contributed by atoms with E-state index in [9.17, 15) is 9.18 Å². The van der Waals surface area contributed by atoms with Gasteiger partial charge in [-0.25, -0.2) is 14.4 Å². The number of carbonyl (C=O) groups is 1. The van der Waals surface area contributed by atoms with Crippen molar-refractivity contribution in [2.45, 2.75) is 46.6 Å². The number of nitrogens with zero attached hydrogens (tertiary/aromatic N) is 4. The molecule has 0 bridgehead atoms. The van der Waals surface area contributed by atoms with Crippen LogP contribution in [0.3, 0.4) is 0 Å². The summed E-state index contributed by atoms with van der Waals surface area (Å²) in [6.07, 6.45) is 3.14. The van der Waals surface area contributed by atoms with Crippen LogP contribution in [-0.2, 0) is 4.79 Å². The lowest BCUT2D eigenvalue weighted by atomic mass is 9.82. The van der Waals surface area contributed by atoms with Gasteiger partial charge < -0.3 is 4.90 Å². The topological polar surface area (TPSA) is 58.5 Å². The molecule has 5 nitrogen and oxygen atoms in total. The first-order valence-corrected chi connectivity index (χ1v) is 9.20. The zero-order valence-electron chi connectivity index (χ0n) is 16.2. The number of carbonyl (C=O) groups excluding carboxylic acids is 1. The molecule has 1 aromatic heterocycles. The first kappa shape index (κ1) is 19.1. The van der Waals surface area contributed by atoms with Crippen molar-refractivity contribution in [1.82, 2.24) is 9.97 Å². The van der Waals surface area contributed by atoms with Gasteiger partial charge in [0.05, 0.1) is 16.8 Å². The van der Waals surface area contributed by atoms with E-state index in [2.05, 4.69) is 9.97 Å². The highest BCUT2D eigenvalue weighted by molar-refractivity contribution is 6.00.